The van der Waals surface area contributed by atoms with Gasteiger partial charge in [0, 0.05) is 6.54 Å². The maximum absolute atomic E-state index is 6.03. The van der Waals surface area contributed by atoms with Crippen molar-refractivity contribution in [2.24, 2.45) is 0 Å². The summed E-state index contributed by atoms with van der Waals surface area (Å²) in [7, 11) is 0. The Bertz CT molecular complexity index is 581. The van der Waals surface area contributed by atoms with Crippen LogP contribution in [0.5, 0.6) is 5.88 Å². The molecule has 1 aromatic carbocycles. The Balaban J connectivity index is 2.05. The van der Waals surface area contributed by atoms with Crippen molar-refractivity contribution in [1.29, 1.82) is 0 Å². The zero-order chi connectivity index (χ0) is 15.2. The quantitative estimate of drug-likeness (QED) is 0.854. The molecule has 1 heterocycles. The third kappa shape index (κ3) is 4.08. The van der Waals surface area contributed by atoms with Crippen molar-refractivity contribution >= 4 is 11.5 Å². The van der Waals surface area contributed by atoms with Crippen molar-refractivity contribution < 1.29 is 4.74 Å². The third-order valence-electron chi connectivity index (χ3n) is 3.09. The number of anilines is 2. The molecule has 0 unspecified atom stereocenters. The molecular weight excluding hydrogens is 264 g/mol. The van der Waals surface area contributed by atoms with Gasteiger partial charge >= 0.3 is 0 Å². The molecule has 0 aliphatic rings. The van der Waals surface area contributed by atoms with E-state index in [0.717, 1.165) is 6.42 Å². The number of aromatic nitrogens is 2. The Morgan fingerprint density at radius 1 is 1.14 bits per heavy atom. The molecule has 2 rings (SSSR count). The lowest BCUT2D eigenvalue weighted by Crippen LogP contribution is -2.12. The first-order chi connectivity index (χ1) is 10.1. The van der Waals surface area contributed by atoms with Crippen LogP contribution in [0.15, 0.2) is 30.6 Å². The van der Waals surface area contributed by atoms with Crippen LogP contribution in [0.2, 0.25) is 0 Å². The lowest BCUT2D eigenvalue weighted by atomic mass is 10.1. The van der Waals surface area contributed by atoms with Gasteiger partial charge in [-0.15, -0.1) is 0 Å². The topological polar surface area (TPSA) is 73.1 Å². The van der Waals surface area contributed by atoms with Gasteiger partial charge in [0.1, 0.15) is 12.0 Å². The monoisotopic (exact) mass is 286 g/mol. The van der Waals surface area contributed by atoms with E-state index in [1.165, 1.54) is 17.5 Å². The van der Waals surface area contributed by atoms with Crippen LogP contribution in [0.1, 0.15) is 31.9 Å². The van der Waals surface area contributed by atoms with Gasteiger partial charge in [-0.1, -0.05) is 31.2 Å². The van der Waals surface area contributed by atoms with E-state index in [4.69, 9.17) is 10.5 Å². The summed E-state index contributed by atoms with van der Waals surface area (Å²) >= 11 is 0. The van der Waals surface area contributed by atoms with Crippen LogP contribution >= 0.6 is 0 Å². The number of nitrogens with one attached hydrogen (secondary N) is 1. The van der Waals surface area contributed by atoms with Gasteiger partial charge in [-0.25, -0.2) is 4.98 Å². The van der Waals surface area contributed by atoms with E-state index in [9.17, 15) is 0 Å². The van der Waals surface area contributed by atoms with Crippen LogP contribution in [-0.4, -0.2) is 16.1 Å². The molecule has 112 valence electrons. The fourth-order valence-corrected chi connectivity index (χ4v) is 1.92. The Hall–Kier alpha value is -2.30. The highest BCUT2D eigenvalue weighted by molar-refractivity contribution is 5.66. The fourth-order valence-electron chi connectivity index (χ4n) is 1.92. The lowest BCUT2D eigenvalue weighted by molar-refractivity contribution is 0.234. The minimum absolute atomic E-state index is 0.0247. The first kappa shape index (κ1) is 15.1. The summed E-state index contributed by atoms with van der Waals surface area (Å²) in [4.78, 5) is 8.23. The van der Waals surface area contributed by atoms with Gasteiger partial charge in [0.15, 0.2) is 5.82 Å². The number of ether oxygens (including phenoxy) is 1. The molecule has 21 heavy (non-hydrogen) atoms. The summed E-state index contributed by atoms with van der Waals surface area (Å²) in [5.74, 6) is 1.02. The molecule has 0 aliphatic heterocycles. The average molecular weight is 286 g/mol. The number of benzene rings is 1. The highest BCUT2D eigenvalue weighted by Gasteiger charge is 2.10. The second kappa shape index (κ2) is 6.92. The van der Waals surface area contributed by atoms with Crippen molar-refractivity contribution in [3.63, 3.8) is 0 Å². The van der Waals surface area contributed by atoms with Gasteiger partial charge in [-0.3, -0.25) is 0 Å². The molecule has 5 heteroatoms. The predicted octanol–water partition coefficient (Wildman–Crippen LogP) is 3.02. The van der Waals surface area contributed by atoms with Crippen LogP contribution < -0.4 is 15.8 Å². The maximum Gasteiger partial charge on any atom is 0.242 e. The molecule has 0 radical (unpaired) electrons. The summed E-state index contributed by atoms with van der Waals surface area (Å²) in [6.07, 6.45) is 2.52. The molecule has 0 saturated carbocycles. The molecule has 3 N–H and O–H groups in total. The van der Waals surface area contributed by atoms with E-state index in [1.807, 2.05) is 13.8 Å². The second-order valence-corrected chi connectivity index (χ2v) is 5.13. The summed E-state index contributed by atoms with van der Waals surface area (Å²) in [5.41, 5.74) is 8.97. The van der Waals surface area contributed by atoms with E-state index >= 15 is 0 Å². The molecule has 0 atom stereocenters. The minimum Gasteiger partial charge on any atom is -0.473 e. The van der Waals surface area contributed by atoms with E-state index < -0.39 is 0 Å². The predicted molar refractivity (Wildman–Crippen MR) is 85.4 cm³/mol. The molecule has 0 spiro atoms. The first-order valence-corrected chi connectivity index (χ1v) is 7.19. The highest BCUT2D eigenvalue weighted by Crippen LogP contribution is 2.25. The summed E-state index contributed by atoms with van der Waals surface area (Å²) in [5, 5.41) is 3.22. The van der Waals surface area contributed by atoms with Crippen molar-refractivity contribution in [2.75, 3.05) is 11.1 Å². The zero-order valence-corrected chi connectivity index (χ0v) is 12.8. The van der Waals surface area contributed by atoms with Crippen LogP contribution in [0, 0.1) is 0 Å². The van der Waals surface area contributed by atoms with Crippen molar-refractivity contribution in [3.8, 4) is 5.88 Å². The van der Waals surface area contributed by atoms with Crippen molar-refractivity contribution in [1.82, 2.24) is 9.97 Å². The number of nitrogens with two attached hydrogens (primary N) is 1. The van der Waals surface area contributed by atoms with Gasteiger partial charge < -0.3 is 15.8 Å². The van der Waals surface area contributed by atoms with Gasteiger partial charge in [0.25, 0.3) is 0 Å². The second-order valence-electron chi connectivity index (χ2n) is 5.13. The average Bonchev–Trinajstić information content (AvgIpc) is 2.48. The largest absolute Gasteiger partial charge is 0.473 e. The zero-order valence-electron chi connectivity index (χ0n) is 12.8. The van der Waals surface area contributed by atoms with Crippen molar-refractivity contribution in [3.05, 3.63) is 41.7 Å². The molecule has 0 fully saturated rings. The van der Waals surface area contributed by atoms with E-state index in [0.29, 0.717) is 23.9 Å². The molecule has 0 bridgehead atoms. The number of aryl methyl sites for hydroxylation is 1. The van der Waals surface area contributed by atoms with E-state index in [1.54, 1.807) is 0 Å². The summed E-state index contributed by atoms with van der Waals surface area (Å²) in [6, 6.07) is 8.48. The van der Waals surface area contributed by atoms with Gasteiger partial charge in [0.05, 0.1) is 6.10 Å². The SMILES string of the molecule is CCc1ccc(CNc2ncnc(OC(C)C)c2N)cc1. The number of nitrogen functional groups attached to an aromatic ring is 1. The maximum atomic E-state index is 6.03. The van der Waals surface area contributed by atoms with Gasteiger partial charge in [-0.05, 0) is 31.4 Å². The molecule has 0 aliphatic carbocycles. The molecular formula is C16H22N4O. The Labute approximate surface area is 125 Å². The van der Waals surface area contributed by atoms with Crippen LogP contribution in [-0.2, 0) is 13.0 Å². The van der Waals surface area contributed by atoms with Crippen LogP contribution in [0.25, 0.3) is 0 Å². The van der Waals surface area contributed by atoms with Gasteiger partial charge in [-0.2, -0.15) is 4.98 Å². The van der Waals surface area contributed by atoms with Crippen LogP contribution in [0.3, 0.4) is 0 Å². The first-order valence-electron chi connectivity index (χ1n) is 7.19. The molecule has 2 aromatic rings. The van der Waals surface area contributed by atoms with E-state index in [2.05, 4.69) is 46.5 Å². The third-order valence-corrected chi connectivity index (χ3v) is 3.09. The molecule has 0 saturated heterocycles. The number of rotatable bonds is 6. The Kier molecular flexibility index (Phi) is 4.98. The van der Waals surface area contributed by atoms with Gasteiger partial charge in [0.2, 0.25) is 5.88 Å². The molecule has 1 aromatic heterocycles. The Morgan fingerprint density at radius 2 is 1.81 bits per heavy atom. The molecule has 5 nitrogen and oxygen atoms in total. The number of hydrogen-bond acceptors (Lipinski definition) is 5. The smallest absolute Gasteiger partial charge is 0.242 e. The Morgan fingerprint density at radius 3 is 2.43 bits per heavy atom. The van der Waals surface area contributed by atoms with E-state index in [-0.39, 0.29) is 6.10 Å². The minimum atomic E-state index is 0.0247. The standard InChI is InChI=1S/C16H22N4O/c1-4-12-5-7-13(8-6-12)9-18-15-14(17)16(20-10-19-15)21-11(2)3/h5-8,10-11H,4,9,17H2,1-3H3,(H,18,19,20). The number of nitrogens with zero attached hydrogens (tertiary/aromatic N) is 2. The lowest BCUT2D eigenvalue weighted by Gasteiger charge is -2.13. The highest BCUT2D eigenvalue weighted by atomic mass is 16.5. The normalized spacial score (nSPS) is 10.7. The van der Waals surface area contributed by atoms with Crippen LogP contribution in [0.4, 0.5) is 11.5 Å². The van der Waals surface area contributed by atoms with Crippen molar-refractivity contribution in [2.45, 2.75) is 39.8 Å². The summed E-state index contributed by atoms with van der Waals surface area (Å²) < 4.78 is 5.55. The number of hydrogen-bond donors (Lipinski definition) is 2. The molecule has 0 amide bonds. The fraction of sp³-hybridized carbons (Fsp3) is 0.375. The summed E-state index contributed by atoms with van der Waals surface area (Å²) in [6.45, 7) is 6.67.